The maximum absolute atomic E-state index is 8.86. The van der Waals surface area contributed by atoms with Crippen LogP contribution in [0, 0.1) is 0 Å². The molecule has 0 saturated heterocycles. The smallest absolute Gasteiger partial charge is 0.423 e. The van der Waals surface area contributed by atoms with Crippen LogP contribution in [0.15, 0.2) is 29.4 Å². The second-order valence-corrected chi connectivity index (χ2v) is 2.85. The van der Waals surface area contributed by atoms with Crippen molar-refractivity contribution in [1.82, 2.24) is 0 Å². The van der Waals surface area contributed by atoms with Crippen LogP contribution in [0.4, 0.5) is 0 Å². The van der Waals surface area contributed by atoms with Gasteiger partial charge in [-0.2, -0.15) is 0 Å². The molecule has 0 aliphatic carbocycles. The van der Waals surface area contributed by atoms with E-state index in [1.165, 1.54) is 7.11 Å². The van der Waals surface area contributed by atoms with Gasteiger partial charge >= 0.3 is 7.12 Å². The normalized spacial score (nSPS) is 11.3. The highest BCUT2D eigenvalue weighted by atomic mass is 16.6. The third kappa shape index (κ3) is 2.58. The second-order valence-electron chi connectivity index (χ2n) is 2.85. The van der Waals surface area contributed by atoms with Crippen molar-refractivity contribution in [2.75, 3.05) is 7.11 Å². The Morgan fingerprint density at radius 3 is 2.29 bits per heavy atom. The predicted molar refractivity (Wildman–Crippen MR) is 55.5 cm³/mol. The Balaban J connectivity index is 2.88. The van der Waals surface area contributed by atoms with Crippen LogP contribution in [0.5, 0.6) is 0 Å². The molecule has 0 unspecified atom stereocenters. The highest BCUT2D eigenvalue weighted by Crippen LogP contribution is 2.00. The molecule has 0 spiro atoms. The van der Waals surface area contributed by atoms with Gasteiger partial charge in [0.05, 0.1) is 5.71 Å². The topological polar surface area (TPSA) is 62.0 Å². The third-order valence-corrected chi connectivity index (χ3v) is 1.85. The van der Waals surface area contributed by atoms with Crippen molar-refractivity contribution in [2.24, 2.45) is 5.16 Å². The fraction of sp³-hybridized carbons (Fsp3) is 0.222. The summed E-state index contributed by atoms with van der Waals surface area (Å²) in [6.45, 7) is 1.81. The maximum atomic E-state index is 8.86. The van der Waals surface area contributed by atoms with Crippen molar-refractivity contribution in [2.45, 2.75) is 6.92 Å². The van der Waals surface area contributed by atoms with E-state index in [1.54, 1.807) is 24.3 Å². The van der Waals surface area contributed by atoms with E-state index in [0.29, 0.717) is 5.46 Å². The Bertz CT molecular complexity index is 321. The van der Waals surface area contributed by atoms with Crippen LogP contribution in [-0.2, 0) is 4.84 Å². The van der Waals surface area contributed by atoms with Gasteiger partial charge < -0.3 is 14.9 Å². The van der Waals surface area contributed by atoms with Gasteiger partial charge in [-0.3, -0.25) is 0 Å². The number of nitrogens with zero attached hydrogens (tertiary/aromatic N) is 1. The van der Waals surface area contributed by atoms with Gasteiger partial charge in [-0.05, 0) is 17.9 Å². The van der Waals surface area contributed by atoms with Gasteiger partial charge in [-0.1, -0.05) is 29.4 Å². The summed E-state index contributed by atoms with van der Waals surface area (Å²) >= 11 is 0. The number of hydrogen-bond acceptors (Lipinski definition) is 4. The van der Waals surface area contributed by atoms with Gasteiger partial charge in [-0.15, -0.1) is 0 Å². The summed E-state index contributed by atoms with van der Waals surface area (Å²) in [5.41, 5.74) is 2.08. The van der Waals surface area contributed by atoms with Gasteiger partial charge in [0.15, 0.2) is 0 Å². The monoisotopic (exact) mass is 193 g/mol. The summed E-state index contributed by atoms with van der Waals surface area (Å²) in [6, 6.07) is 6.78. The quantitative estimate of drug-likeness (QED) is 0.394. The number of rotatable bonds is 3. The van der Waals surface area contributed by atoms with Crippen LogP contribution in [0.3, 0.4) is 0 Å². The van der Waals surface area contributed by atoms with E-state index in [0.717, 1.165) is 11.3 Å². The molecule has 5 heteroatoms. The predicted octanol–water partition coefficient (Wildman–Crippen LogP) is -0.263. The molecular weight excluding hydrogens is 181 g/mol. The highest BCUT2D eigenvalue weighted by Gasteiger charge is 2.10. The summed E-state index contributed by atoms with van der Waals surface area (Å²) in [5.74, 6) is 0. The first-order chi connectivity index (χ1) is 6.65. The van der Waals surface area contributed by atoms with Crippen LogP contribution in [0.1, 0.15) is 12.5 Å². The third-order valence-electron chi connectivity index (χ3n) is 1.85. The summed E-state index contributed by atoms with van der Waals surface area (Å²) in [6.07, 6.45) is 0. The standard InChI is InChI=1S/C9H12BNO3/c1-7(11-14-2)8-3-5-9(6-4-8)10(12)13/h3-6,12-13H,1-2H3/b11-7+. The van der Waals surface area contributed by atoms with Crippen LogP contribution in [-0.4, -0.2) is 30.0 Å². The molecule has 0 atom stereocenters. The van der Waals surface area contributed by atoms with Gasteiger partial charge in [0.1, 0.15) is 7.11 Å². The SMILES string of the molecule is CO/N=C(\C)c1ccc(B(O)O)cc1. The van der Waals surface area contributed by atoms with Crippen LogP contribution < -0.4 is 5.46 Å². The van der Waals surface area contributed by atoms with Crippen molar-refractivity contribution in [3.8, 4) is 0 Å². The fourth-order valence-corrected chi connectivity index (χ4v) is 1.09. The van der Waals surface area contributed by atoms with E-state index in [9.17, 15) is 0 Å². The van der Waals surface area contributed by atoms with Crippen molar-refractivity contribution in [3.05, 3.63) is 29.8 Å². The summed E-state index contributed by atoms with van der Waals surface area (Å²) in [5, 5.41) is 21.5. The zero-order valence-electron chi connectivity index (χ0n) is 8.14. The molecule has 0 aliphatic rings. The summed E-state index contributed by atoms with van der Waals surface area (Å²) < 4.78 is 0. The molecule has 14 heavy (non-hydrogen) atoms. The minimum Gasteiger partial charge on any atom is -0.423 e. The lowest BCUT2D eigenvalue weighted by molar-refractivity contribution is 0.213. The van der Waals surface area contributed by atoms with E-state index in [1.807, 2.05) is 6.92 Å². The average Bonchev–Trinajstić information content (AvgIpc) is 2.18. The van der Waals surface area contributed by atoms with Crippen molar-refractivity contribution in [1.29, 1.82) is 0 Å². The van der Waals surface area contributed by atoms with E-state index >= 15 is 0 Å². The molecule has 1 aromatic carbocycles. The molecule has 1 rings (SSSR count). The van der Waals surface area contributed by atoms with E-state index in [4.69, 9.17) is 10.0 Å². The van der Waals surface area contributed by atoms with Gasteiger partial charge in [0, 0.05) is 0 Å². The fourth-order valence-electron chi connectivity index (χ4n) is 1.09. The molecular formula is C9H12BNO3. The zero-order chi connectivity index (χ0) is 10.6. The summed E-state index contributed by atoms with van der Waals surface area (Å²) in [4.78, 5) is 4.62. The lowest BCUT2D eigenvalue weighted by Crippen LogP contribution is -2.29. The van der Waals surface area contributed by atoms with Gasteiger partial charge in [0.2, 0.25) is 0 Å². The van der Waals surface area contributed by atoms with E-state index in [-0.39, 0.29) is 0 Å². The first kappa shape index (κ1) is 10.8. The van der Waals surface area contributed by atoms with Crippen LogP contribution in [0.25, 0.3) is 0 Å². The molecule has 2 N–H and O–H groups in total. The molecule has 0 bridgehead atoms. The van der Waals surface area contributed by atoms with Crippen molar-refractivity contribution < 1.29 is 14.9 Å². The molecule has 0 aromatic heterocycles. The lowest BCUT2D eigenvalue weighted by Gasteiger charge is -2.02. The van der Waals surface area contributed by atoms with Crippen molar-refractivity contribution >= 4 is 18.3 Å². The Labute approximate surface area is 83.0 Å². The first-order valence-electron chi connectivity index (χ1n) is 4.19. The first-order valence-corrected chi connectivity index (χ1v) is 4.19. The molecule has 0 saturated carbocycles. The van der Waals surface area contributed by atoms with Gasteiger partial charge in [0.25, 0.3) is 0 Å². The molecule has 0 aliphatic heterocycles. The Morgan fingerprint density at radius 2 is 1.86 bits per heavy atom. The Kier molecular flexibility index (Phi) is 3.68. The minimum atomic E-state index is -1.43. The second kappa shape index (κ2) is 4.78. The van der Waals surface area contributed by atoms with E-state index in [2.05, 4.69) is 9.99 Å². The molecule has 74 valence electrons. The zero-order valence-corrected chi connectivity index (χ0v) is 8.14. The molecule has 0 heterocycles. The lowest BCUT2D eigenvalue weighted by atomic mass is 9.80. The van der Waals surface area contributed by atoms with Crippen LogP contribution in [0.2, 0.25) is 0 Å². The van der Waals surface area contributed by atoms with Crippen molar-refractivity contribution in [3.63, 3.8) is 0 Å². The molecule has 0 radical (unpaired) electrons. The minimum absolute atomic E-state index is 0.457. The number of benzene rings is 1. The highest BCUT2D eigenvalue weighted by molar-refractivity contribution is 6.58. The maximum Gasteiger partial charge on any atom is 0.488 e. The Morgan fingerprint density at radius 1 is 1.29 bits per heavy atom. The van der Waals surface area contributed by atoms with Crippen LogP contribution >= 0.6 is 0 Å². The Hall–Kier alpha value is -1.33. The largest absolute Gasteiger partial charge is 0.488 e. The molecule has 0 fully saturated rings. The summed E-state index contributed by atoms with van der Waals surface area (Å²) in [7, 11) is 0.0544. The molecule has 4 nitrogen and oxygen atoms in total. The molecule has 0 amide bonds. The van der Waals surface area contributed by atoms with E-state index < -0.39 is 7.12 Å². The molecule has 1 aromatic rings. The van der Waals surface area contributed by atoms with Gasteiger partial charge in [-0.25, -0.2) is 0 Å². The number of oxime groups is 1. The number of hydrogen-bond donors (Lipinski definition) is 2. The average molecular weight is 193 g/mol.